The molecule has 2 aromatic rings. The minimum atomic E-state index is -0.439. The summed E-state index contributed by atoms with van der Waals surface area (Å²) in [5.74, 6) is 0.708. The fourth-order valence-electron chi connectivity index (χ4n) is 3.23. The van der Waals surface area contributed by atoms with Crippen LogP contribution in [0.2, 0.25) is 0 Å². The lowest BCUT2D eigenvalue weighted by molar-refractivity contribution is -0.132. The highest BCUT2D eigenvalue weighted by molar-refractivity contribution is 5.76. The van der Waals surface area contributed by atoms with Crippen LogP contribution in [0.4, 0.5) is 4.79 Å². The van der Waals surface area contributed by atoms with Crippen molar-refractivity contribution in [1.29, 1.82) is 0 Å². The van der Waals surface area contributed by atoms with Gasteiger partial charge in [0, 0.05) is 25.6 Å². The van der Waals surface area contributed by atoms with Crippen molar-refractivity contribution in [2.24, 2.45) is 0 Å². The average Bonchev–Trinajstić information content (AvgIpc) is 2.68. The Morgan fingerprint density at radius 3 is 2.37 bits per heavy atom. The van der Waals surface area contributed by atoms with Gasteiger partial charge in [0.05, 0.1) is 0 Å². The van der Waals surface area contributed by atoms with Crippen LogP contribution in [0, 0.1) is 6.92 Å². The van der Waals surface area contributed by atoms with E-state index in [4.69, 9.17) is 4.74 Å². The Hall–Kier alpha value is -2.82. The smallest absolute Gasteiger partial charge is 0.410 e. The van der Waals surface area contributed by atoms with Gasteiger partial charge in [-0.2, -0.15) is 0 Å². The predicted octanol–water partition coefficient (Wildman–Crippen LogP) is 3.71. The highest BCUT2D eigenvalue weighted by Crippen LogP contribution is 2.14. The number of nitrogens with zero attached hydrogens (tertiary/aromatic N) is 1. The molecule has 0 radical (unpaired) electrons. The van der Waals surface area contributed by atoms with Gasteiger partial charge in [0.1, 0.15) is 5.75 Å². The van der Waals surface area contributed by atoms with Crippen molar-refractivity contribution < 1.29 is 14.3 Å². The third-order valence-corrected chi connectivity index (χ3v) is 4.87. The normalized spacial score (nSPS) is 14.6. The minimum absolute atomic E-state index is 0.0439. The van der Waals surface area contributed by atoms with E-state index < -0.39 is 6.09 Å². The van der Waals surface area contributed by atoms with Crippen LogP contribution in [-0.2, 0) is 11.2 Å². The van der Waals surface area contributed by atoms with Crippen molar-refractivity contribution >= 4 is 12.0 Å². The molecule has 142 valence electrons. The van der Waals surface area contributed by atoms with Gasteiger partial charge in [-0.15, -0.1) is 0 Å². The van der Waals surface area contributed by atoms with Gasteiger partial charge in [0.2, 0.25) is 5.91 Å². The Morgan fingerprint density at radius 2 is 1.70 bits per heavy atom. The first-order chi connectivity index (χ1) is 13.1. The highest BCUT2D eigenvalue weighted by Gasteiger charge is 2.24. The van der Waals surface area contributed by atoms with Crippen LogP contribution in [0.5, 0.6) is 5.75 Å². The van der Waals surface area contributed by atoms with Gasteiger partial charge in [-0.05, 0) is 43.9 Å². The number of para-hydroxylation sites is 1. The molecule has 27 heavy (non-hydrogen) atoms. The zero-order valence-corrected chi connectivity index (χ0v) is 15.7. The fourth-order valence-corrected chi connectivity index (χ4v) is 3.23. The number of benzene rings is 2. The molecule has 2 aromatic carbocycles. The maximum atomic E-state index is 12.4. The summed E-state index contributed by atoms with van der Waals surface area (Å²) in [5.41, 5.74) is 2.42. The molecule has 5 heteroatoms. The first kappa shape index (κ1) is 19.0. The minimum Gasteiger partial charge on any atom is -0.410 e. The second-order valence-corrected chi connectivity index (χ2v) is 6.99. The number of hydrogen-bond donors (Lipinski definition) is 1. The van der Waals surface area contributed by atoms with E-state index >= 15 is 0 Å². The van der Waals surface area contributed by atoms with Crippen molar-refractivity contribution in [2.75, 3.05) is 13.1 Å². The van der Waals surface area contributed by atoms with E-state index in [1.165, 1.54) is 11.1 Å². The number of aryl methyl sites for hydroxylation is 2. The molecule has 2 amide bonds. The van der Waals surface area contributed by atoms with Crippen LogP contribution in [0.3, 0.4) is 0 Å². The summed E-state index contributed by atoms with van der Waals surface area (Å²) in [4.78, 5) is 26.3. The molecule has 0 aromatic heterocycles. The summed E-state index contributed by atoms with van der Waals surface area (Å²) in [7, 11) is 0. The molecule has 1 N–H and O–H groups in total. The topological polar surface area (TPSA) is 58.6 Å². The molecular weight excluding hydrogens is 340 g/mol. The molecule has 1 fully saturated rings. The zero-order valence-electron chi connectivity index (χ0n) is 15.7. The molecule has 0 spiro atoms. The number of nitrogens with one attached hydrogen (secondary N) is 1. The summed E-state index contributed by atoms with van der Waals surface area (Å²) in [5, 5.41) is 2.89. The Bertz CT molecular complexity index is 751. The average molecular weight is 366 g/mol. The van der Waals surface area contributed by atoms with Crippen molar-refractivity contribution in [2.45, 2.75) is 38.6 Å². The van der Waals surface area contributed by atoms with Crippen molar-refractivity contribution in [3.63, 3.8) is 0 Å². The van der Waals surface area contributed by atoms with Crippen molar-refractivity contribution in [1.82, 2.24) is 10.2 Å². The number of piperidine rings is 1. The first-order valence-corrected chi connectivity index (χ1v) is 9.47. The number of amides is 2. The molecule has 1 heterocycles. The van der Waals surface area contributed by atoms with E-state index in [1.807, 2.05) is 23.1 Å². The summed E-state index contributed by atoms with van der Waals surface area (Å²) in [6, 6.07) is 17.4. The molecule has 1 aliphatic rings. The Kier molecular flexibility index (Phi) is 6.47. The Morgan fingerprint density at radius 1 is 1.04 bits per heavy atom. The van der Waals surface area contributed by atoms with Gasteiger partial charge in [-0.3, -0.25) is 4.79 Å². The van der Waals surface area contributed by atoms with Gasteiger partial charge in [-0.1, -0.05) is 48.0 Å². The maximum absolute atomic E-state index is 12.4. The fraction of sp³-hybridized carbons (Fsp3) is 0.364. The monoisotopic (exact) mass is 366 g/mol. The van der Waals surface area contributed by atoms with Crippen LogP contribution in [0.1, 0.15) is 30.4 Å². The van der Waals surface area contributed by atoms with Gasteiger partial charge in [0.25, 0.3) is 0 Å². The third-order valence-electron chi connectivity index (χ3n) is 4.87. The highest BCUT2D eigenvalue weighted by atomic mass is 16.6. The molecule has 3 rings (SSSR count). The standard InChI is InChI=1S/C22H26N2O3/c1-17-7-9-18(10-8-17)11-12-21(25)24-15-13-19(14-16-24)23-22(26)27-20-5-3-2-4-6-20/h2-10,19H,11-16H2,1H3,(H,23,26). The predicted molar refractivity (Wildman–Crippen MR) is 105 cm³/mol. The molecule has 1 aliphatic heterocycles. The van der Waals surface area contributed by atoms with Gasteiger partial charge in [0.15, 0.2) is 0 Å². The second-order valence-electron chi connectivity index (χ2n) is 6.99. The SMILES string of the molecule is Cc1ccc(CCC(=O)N2CCC(NC(=O)Oc3ccccc3)CC2)cc1. The molecule has 1 saturated heterocycles. The van der Waals surface area contributed by atoms with Gasteiger partial charge >= 0.3 is 6.09 Å². The summed E-state index contributed by atoms with van der Waals surface area (Å²) < 4.78 is 5.26. The van der Waals surface area contributed by atoms with Crippen LogP contribution in [0.25, 0.3) is 0 Å². The van der Waals surface area contributed by atoms with Gasteiger partial charge < -0.3 is 15.0 Å². The van der Waals surface area contributed by atoms with Crippen LogP contribution in [0.15, 0.2) is 54.6 Å². The van der Waals surface area contributed by atoms with Gasteiger partial charge in [-0.25, -0.2) is 4.79 Å². The summed E-state index contributed by atoms with van der Waals surface area (Å²) in [6.07, 6.45) is 2.35. The first-order valence-electron chi connectivity index (χ1n) is 9.47. The van der Waals surface area contributed by atoms with Crippen molar-refractivity contribution in [3.05, 3.63) is 65.7 Å². The molecule has 5 nitrogen and oxygen atoms in total. The quantitative estimate of drug-likeness (QED) is 0.878. The lowest BCUT2D eigenvalue weighted by Crippen LogP contribution is -2.47. The van der Waals surface area contributed by atoms with E-state index in [-0.39, 0.29) is 11.9 Å². The number of rotatable bonds is 5. The number of ether oxygens (including phenoxy) is 1. The lowest BCUT2D eigenvalue weighted by Gasteiger charge is -2.32. The van der Waals surface area contributed by atoms with Crippen LogP contribution < -0.4 is 10.1 Å². The summed E-state index contributed by atoms with van der Waals surface area (Å²) in [6.45, 7) is 3.40. The molecule has 0 bridgehead atoms. The second kappa shape index (κ2) is 9.21. The van der Waals surface area contributed by atoms with E-state index in [0.717, 1.165) is 19.3 Å². The van der Waals surface area contributed by atoms with E-state index in [1.54, 1.807) is 12.1 Å². The molecule has 0 aliphatic carbocycles. The summed E-state index contributed by atoms with van der Waals surface area (Å²) >= 11 is 0. The van der Waals surface area contributed by atoms with Crippen molar-refractivity contribution in [3.8, 4) is 5.75 Å². The Balaban J connectivity index is 1.38. The molecule has 0 saturated carbocycles. The number of carbonyl (C=O) groups is 2. The maximum Gasteiger partial charge on any atom is 0.412 e. The number of likely N-dealkylation sites (tertiary alicyclic amines) is 1. The number of carbonyl (C=O) groups excluding carboxylic acids is 2. The van der Waals surface area contributed by atoms with E-state index in [0.29, 0.717) is 25.3 Å². The number of hydrogen-bond acceptors (Lipinski definition) is 3. The van der Waals surface area contributed by atoms with E-state index in [2.05, 4.69) is 36.5 Å². The molecular formula is C22H26N2O3. The van der Waals surface area contributed by atoms with E-state index in [9.17, 15) is 9.59 Å². The molecule has 0 atom stereocenters. The Labute approximate surface area is 160 Å². The van der Waals surface area contributed by atoms with Crippen LogP contribution in [-0.4, -0.2) is 36.0 Å². The third kappa shape index (κ3) is 5.84. The molecule has 0 unspecified atom stereocenters. The lowest BCUT2D eigenvalue weighted by atomic mass is 10.0. The largest absolute Gasteiger partial charge is 0.412 e. The zero-order chi connectivity index (χ0) is 19.1. The van der Waals surface area contributed by atoms with Crippen LogP contribution >= 0.6 is 0 Å².